The smallest absolute Gasteiger partial charge is 0.306 e. The fourth-order valence-electron chi connectivity index (χ4n) is 1.44. The van der Waals surface area contributed by atoms with Crippen molar-refractivity contribution in [3.63, 3.8) is 0 Å². The predicted octanol–water partition coefficient (Wildman–Crippen LogP) is 0.643. The van der Waals surface area contributed by atoms with Gasteiger partial charge in [-0.25, -0.2) is 0 Å². The van der Waals surface area contributed by atoms with Crippen LogP contribution in [-0.2, 0) is 14.1 Å². The molecule has 0 aliphatic carbocycles. The van der Waals surface area contributed by atoms with Gasteiger partial charge in [0.25, 0.3) is 0 Å². The molecule has 19 heavy (non-hydrogen) atoms. The highest BCUT2D eigenvalue weighted by Gasteiger charge is 2.14. The van der Waals surface area contributed by atoms with Crippen LogP contribution in [0.2, 0.25) is 0 Å². The van der Waals surface area contributed by atoms with Gasteiger partial charge in [0.05, 0.1) is 34.4 Å². The number of aliphatic hydroxyl groups excluding tert-OH is 2. The van der Waals surface area contributed by atoms with Crippen LogP contribution in [0.5, 0.6) is 0 Å². The van der Waals surface area contributed by atoms with Crippen molar-refractivity contribution in [1.82, 2.24) is 0 Å². The Bertz CT molecular complexity index is 357. The summed E-state index contributed by atoms with van der Waals surface area (Å²) in [6.45, 7) is 0.0761. The minimum absolute atomic E-state index is 0.0274. The second-order valence-electron chi connectivity index (χ2n) is 3.69. The van der Waals surface area contributed by atoms with Gasteiger partial charge in [-0.2, -0.15) is 0 Å². The van der Waals surface area contributed by atoms with Crippen molar-refractivity contribution in [2.45, 2.75) is 6.42 Å². The molecular weight excluding hydrogens is 267 g/mol. The number of carbonyl (C=O) groups excluding carboxylic acids is 1. The number of hydrogen-bond donors (Lipinski definition) is 2. The molecule has 1 aromatic rings. The lowest BCUT2D eigenvalue weighted by Crippen LogP contribution is -2.13. The van der Waals surface area contributed by atoms with Crippen molar-refractivity contribution < 1.29 is 24.3 Å². The molecule has 1 atom stereocenters. The van der Waals surface area contributed by atoms with E-state index in [0.717, 1.165) is 5.30 Å². The molecule has 0 aliphatic rings. The summed E-state index contributed by atoms with van der Waals surface area (Å²) in [6.07, 6.45) is 0.787. The van der Waals surface area contributed by atoms with Gasteiger partial charge in [-0.05, 0) is 0 Å². The lowest BCUT2D eigenvalue weighted by Gasteiger charge is -2.17. The van der Waals surface area contributed by atoms with E-state index in [1.807, 2.05) is 30.3 Å². The number of rotatable bonds is 9. The number of ether oxygens (including phenoxy) is 1. The normalized spacial score (nSPS) is 12.1. The summed E-state index contributed by atoms with van der Waals surface area (Å²) in [5, 5.41) is 18.4. The van der Waals surface area contributed by atoms with E-state index in [-0.39, 0.29) is 38.8 Å². The van der Waals surface area contributed by atoms with Crippen molar-refractivity contribution in [2.24, 2.45) is 0 Å². The SMILES string of the molecule is O=C(CCP(OCCO)c1ccccc1)OCCO. The zero-order valence-electron chi connectivity index (χ0n) is 10.7. The fraction of sp³-hybridized carbons (Fsp3) is 0.462. The third kappa shape index (κ3) is 6.64. The van der Waals surface area contributed by atoms with Gasteiger partial charge in [-0.1, -0.05) is 30.3 Å². The molecule has 0 radical (unpaired) electrons. The van der Waals surface area contributed by atoms with Crippen LogP contribution in [0.1, 0.15) is 6.42 Å². The van der Waals surface area contributed by atoms with E-state index in [1.54, 1.807) is 0 Å². The third-order valence-electron chi connectivity index (χ3n) is 2.26. The van der Waals surface area contributed by atoms with Crippen LogP contribution in [0.3, 0.4) is 0 Å². The molecule has 106 valence electrons. The zero-order valence-corrected chi connectivity index (χ0v) is 11.6. The summed E-state index contributed by atoms with van der Waals surface area (Å²) in [5.74, 6) is -0.343. The van der Waals surface area contributed by atoms with Crippen LogP contribution in [-0.4, -0.2) is 48.8 Å². The van der Waals surface area contributed by atoms with E-state index in [2.05, 4.69) is 0 Å². The Labute approximate surface area is 114 Å². The number of hydrogen-bond acceptors (Lipinski definition) is 5. The van der Waals surface area contributed by atoms with Gasteiger partial charge >= 0.3 is 5.97 Å². The van der Waals surface area contributed by atoms with E-state index in [1.165, 1.54) is 0 Å². The Morgan fingerprint density at radius 3 is 2.42 bits per heavy atom. The van der Waals surface area contributed by atoms with E-state index in [0.29, 0.717) is 6.16 Å². The molecule has 6 heteroatoms. The molecule has 0 aliphatic heterocycles. The van der Waals surface area contributed by atoms with E-state index in [4.69, 9.17) is 19.5 Å². The highest BCUT2D eigenvalue weighted by Crippen LogP contribution is 2.36. The van der Waals surface area contributed by atoms with Crippen molar-refractivity contribution in [2.75, 3.05) is 32.6 Å². The summed E-state index contributed by atoms with van der Waals surface area (Å²) in [7, 11) is -0.932. The molecule has 1 aromatic carbocycles. The number of esters is 1. The summed E-state index contributed by atoms with van der Waals surface area (Å²) in [5.41, 5.74) is 0. The van der Waals surface area contributed by atoms with Crippen LogP contribution in [0.4, 0.5) is 0 Å². The summed E-state index contributed by atoms with van der Waals surface area (Å²) >= 11 is 0. The number of benzene rings is 1. The molecule has 1 unspecified atom stereocenters. The Balaban J connectivity index is 2.48. The second-order valence-corrected chi connectivity index (χ2v) is 5.67. The average Bonchev–Trinajstić information content (AvgIpc) is 2.46. The number of carbonyl (C=O) groups is 1. The van der Waals surface area contributed by atoms with E-state index >= 15 is 0 Å². The average molecular weight is 286 g/mol. The van der Waals surface area contributed by atoms with Gasteiger partial charge in [-0.15, -0.1) is 0 Å². The van der Waals surface area contributed by atoms with E-state index in [9.17, 15) is 4.79 Å². The molecule has 0 saturated carbocycles. The van der Waals surface area contributed by atoms with Crippen LogP contribution >= 0.6 is 8.15 Å². The van der Waals surface area contributed by atoms with Gasteiger partial charge in [0.1, 0.15) is 6.61 Å². The van der Waals surface area contributed by atoms with Crippen LogP contribution < -0.4 is 5.30 Å². The highest BCUT2D eigenvalue weighted by atomic mass is 31.1. The largest absolute Gasteiger partial charge is 0.463 e. The third-order valence-corrected chi connectivity index (χ3v) is 4.25. The molecule has 0 amide bonds. The number of aliphatic hydroxyl groups is 2. The first kappa shape index (κ1) is 16.1. The first-order valence-corrected chi connectivity index (χ1v) is 7.55. The minimum atomic E-state index is -0.932. The van der Waals surface area contributed by atoms with Crippen LogP contribution in [0.15, 0.2) is 30.3 Å². The molecule has 0 spiro atoms. The molecule has 0 bridgehead atoms. The monoisotopic (exact) mass is 286 g/mol. The maximum absolute atomic E-state index is 11.4. The first-order valence-electron chi connectivity index (χ1n) is 6.10. The second kappa shape index (κ2) is 9.87. The molecule has 0 saturated heterocycles. The Morgan fingerprint density at radius 1 is 1.11 bits per heavy atom. The maximum Gasteiger partial charge on any atom is 0.306 e. The zero-order chi connectivity index (χ0) is 13.9. The van der Waals surface area contributed by atoms with Gasteiger partial charge in [-0.3, -0.25) is 4.79 Å². The maximum atomic E-state index is 11.4. The molecule has 1 rings (SSSR count). The Kier molecular flexibility index (Phi) is 8.34. The predicted molar refractivity (Wildman–Crippen MR) is 73.6 cm³/mol. The summed E-state index contributed by atoms with van der Waals surface area (Å²) in [4.78, 5) is 11.4. The van der Waals surface area contributed by atoms with Gasteiger partial charge < -0.3 is 19.5 Å². The lowest BCUT2D eigenvalue weighted by atomic mass is 10.4. The van der Waals surface area contributed by atoms with E-state index < -0.39 is 8.15 Å². The summed E-state index contributed by atoms with van der Waals surface area (Å²) < 4.78 is 10.4. The van der Waals surface area contributed by atoms with Gasteiger partial charge in [0.2, 0.25) is 0 Å². The molecule has 0 aromatic heterocycles. The first-order chi connectivity index (χ1) is 9.27. The Hall–Kier alpha value is -1.00. The highest BCUT2D eigenvalue weighted by molar-refractivity contribution is 7.60. The van der Waals surface area contributed by atoms with Crippen molar-refractivity contribution in [1.29, 1.82) is 0 Å². The molecular formula is C13H19O5P. The standard InChI is InChI=1S/C13H19O5P/c14-7-9-17-13(16)6-11-19(18-10-8-15)12-4-2-1-3-5-12/h1-5,14-15H,6-11H2. The Morgan fingerprint density at radius 2 is 1.79 bits per heavy atom. The van der Waals surface area contributed by atoms with Crippen LogP contribution in [0.25, 0.3) is 0 Å². The topological polar surface area (TPSA) is 76.0 Å². The van der Waals surface area contributed by atoms with Gasteiger partial charge in [0, 0.05) is 11.5 Å². The molecule has 0 fully saturated rings. The van der Waals surface area contributed by atoms with Gasteiger partial charge in [0.15, 0.2) is 0 Å². The molecule has 2 N–H and O–H groups in total. The van der Waals surface area contributed by atoms with Crippen molar-refractivity contribution in [3.05, 3.63) is 30.3 Å². The summed E-state index contributed by atoms with van der Waals surface area (Å²) in [6, 6.07) is 9.64. The molecule has 5 nitrogen and oxygen atoms in total. The molecule has 0 heterocycles. The quantitative estimate of drug-likeness (QED) is 0.515. The van der Waals surface area contributed by atoms with Crippen molar-refractivity contribution in [3.8, 4) is 0 Å². The van der Waals surface area contributed by atoms with Crippen LogP contribution in [0, 0.1) is 0 Å². The fourth-order valence-corrected chi connectivity index (χ4v) is 3.17. The lowest BCUT2D eigenvalue weighted by molar-refractivity contribution is -0.144. The van der Waals surface area contributed by atoms with Crippen molar-refractivity contribution >= 4 is 19.4 Å². The minimum Gasteiger partial charge on any atom is -0.463 e.